The Morgan fingerprint density at radius 1 is 1.50 bits per heavy atom. The number of aliphatic hydroxyl groups excluding tert-OH is 1. The van der Waals surface area contributed by atoms with E-state index in [1.807, 2.05) is 13.8 Å². The van der Waals surface area contributed by atoms with Crippen molar-refractivity contribution in [2.45, 2.75) is 25.3 Å². The van der Waals surface area contributed by atoms with Crippen LogP contribution in [0.1, 0.15) is 13.8 Å². The second-order valence-electron chi connectivity index (χ2n) is 3.11. The SMILES string of the molecule is C=CC(C)C(O)C(C)C(Cl)CCl. The van der Waals surface area contributed by atoms with E-state index in [0.717, 1.165) is 0 Å². The van der Waals surface area contributed by atoms with Crippen molar-refractivity contribution in [1.29, 1.82) is 0 Å². The molecule has 0 bridgehead atoms. The topological polar surface area (TPSA) is 20.2 Å². The monoisotopic (exact) mass is 210 g/mol. The highest BCUT2D eigenvalue weighted by Crippen LogP contribution is 2.21. The largest absolute Gasteiger partial charge is 0.392 e. The molecule has 0 aromatic carbocycles. The minimum Gasteiger partial charge on any atom is -0.392 e. The Morgan fingerprint density at radius 2 is 2.00 bits per heavy atom. The third-order valence-corrected chi connectivity index (χ3v) is 3.21. The second kappa shape index (κ2) is 5.85. The molecular formula is C9H16Cl2O. The lowest BCUT2D eigenvalue weighted by molar-refractivity contribution is 0.0834. The maximum Gasteiger partial charge on any atom is 0.0640 e. The summed E-state index contributed by atoms with van der Waals surface area (Å²) in [6.45, 7) is 7.42. The Morgan fingerprint density at radius 3 is 2.33 bits per heavy atom. The number of aliphatic hydroxyl groups is 1. The zero-order valence-electron chi connectivity index (χ0n) is 7.50. The first-order valence-corrected chi connectivity index (χ1v) is 5.02. The van der Waals surface area contributed by atoms with Crippen LogP contribution in [0.2, 0.25) is 0 Å². The van der Waals surface area contributed by atoms with Crippen molar-refractivity contribution in [2.24, 2.45) is 11.8 Å². The number of hydrogen-bond donors (Lipinski definition) is 1. The molecule has 0 amide bonds. The smallest absolute Gasteiger partial charge is 0.0640 e. The number of alkyl halides is 2. The molecule has 1 N–H and O–H groups in total. The van der Waals surface area contributed by atoms with Crippen LogP contribution in [0.4, 0.5) is 0 Å². The van der Waals surface area contributed by atoms with Gasteiger partial charge in [0.25, 0.3) is 0 Å². The number of rotatable bonds is 5. The van der Waals surface area contributed by atoms with Gasteiger partial charge in [-0.15, -0.1) is 29.8 Å². The van der Waals surface area contributed by atoms with Crippen LogP contribution in [-0.2, 0) is 0 Å². The average molecular weight is 211 g/mol. The summed E-state index contributed by atoms with van der Waals surface area (Å²) in [5, 5.41) is 9.50. The van der Waals surface area contributed by atoms with Crippen molar-refractivity contribution in [3.05, 3.63) is 12.7 Å². The second-order valence-corrected chi connectivity index (χ2v) is 3.98. The predicted molar refractivity (Wildman–Crippen MR) is 54.9 cm³/mol. The van der Waals surface area contributed by atoms with Crippen molar-refractivity contribution in [3.63, 3.8) is 0 Å². The molecule has 0 aromatic heterocycles. The van der Waals surface area contributed by atoms with Gasteiger partial charge in [-0.3, -0.25) is 0 Å². The van der Waals surface area contributed by atoms with Crippen LogP contribution in [0.25, 0.3) is 0 Å². The quantitative estimate of drug-likeness (QED) is 0.547. The van der Waals surface area contributed by atoms with E-state index in [0.29, 0.717) is 5.88 Å². The van der Waals surface area contributed by atoms with Gasteiger partial charge in [0.05, 0.1) is 11.5 Å². The fourth-order valence-electron chi connectivity index (χ4n) is 0.973. The van der Waals surface area contributed by atoms with E-state index < -0.39 is 6.10 Å². The van der Waals surface area contributed by atoms with Crippen LogP contribution in [0.5, 0.6) is 0 Å². The summed E-state index contributed by atoms with van der Waals surface area (Å²) in [5.41, 5.74) is 0. The standard InChI is InChI=1S/C9H16Cl2O/c1-4-6(2)9(12)7(3)8(11)5-10/h4,6-9,12H,1,5H2,2-3H3. The van der Waals surface area contributed by atoms with Gasteiger partial charge in [0.2, 0.25) is 0 Å². The number of hydrogen-bond acceptors (Lipinski definition) is 1. The Bertz CT molecular complexity index is 138. The van der Waals surface area contributed by atoms with Gasteiger partial charge in [-0.1, -0.05) is 19.9 Å². The van der Waals surface area contributed by atoms with Crippen LogP contribution in [0.15, 0.2) is 12.7 Å². The van der Waals surface area contributed by atoms with Crippen LogP contribution in [-0.4, -0.2) is 22.5 Å². The van der Waals surface area contributed by atoms with Gasteiger partial charge in [0.15, 0.2) is 0 Å². The normalized spacial score (nSPS) is 21.1. The molecular weight excluding hydrogens is 195 g/mol. The lowest BCUT2D eigenvalue weighted by atomic mass is 9.91. The maximum absolute atomic E-state index is 9.67. The molecule has 0 spiro atoms. The molecule has 0 radical (unpaired) electrons. The molecule has 0 heterocycles. The van der Waals surface area contributed by atoms with Crippen LogP contribution in [0.3, 0.4) is 0 Å². The van der Waals surface area contributed by atoms with Crippen molar-refractivity contribution in [3.8, 4) is 0 Å². The summed E-state index contributed by atoms with van der Waals surface area (Å²) >= 11 is 11.5. The van der Waals surface area contributed by atoms with Gasteiger partial charge in [-0.05, 0) is 5.92 Å². The molecule has 3 heteroatoms. The molecule has 72 valence electrons. The Balaban J connectivity index is 4.07. The van der Waals surface area contributed by atoms with E-state index in [9.17, 15) is 5.11 Å². The van der Waals surface area contributed by atoms with Gasteiger partial charge < -0.3 is 5.11 Å². The van der Waals surface area contributed by atoms with E-state index in [-0.39, 0.29) is 17.2 Å². The molecule has 1 nitrogen and oxygen atoms in total. The van der Waals surface area contributed by atoms with Gasteiger partial charge in [-0.2, -0.15) is 0 Å². The Kier molecular flexibility index (Phi) is 5.98. The predicted octanol–water partition coefficient (Wildman–Crippen LogP) is 2.65. The third kappa shape index (κ3) is 3.34. The van der Waals surface area contributed by atoms with E-state index in [1.54, 1.807) is 6.08 Å². The first-order valence-electron chi connectivity index (χ1n) is 4.05. The molecule has 0 aliphatic carbocycles. The Hall–Kier alpha value is 0.280. The molecule has 4 atom stereocenters. The van der Waals surface area contributed by atoms with Crippen molar-refractivity contribution in [1.82, 2.24) is 0 Å². The van der Waals surface area contributed by atoms with Crippen LogP contribution < -0.4 is 0 Å². The van der Waals surface area contributed by atoms with Gasteiger partial charge in [0.1, 0.15) is 0 Å². The van der Waals surface area contributed by atoms with Crippen LogP contribution in [0, 0.1) is 11.8 Å². The Labute approximate surface area is 84.4 Å². The highest BCUT2D eigenvalue weighted by atomic mass is 35.5. The van der Waals surface area contributed by atoms with Crippen molar-refractivity contribution >= 4 is 23.2 Å². The molecule has 0 fully saturated rings. The zero-order chi connectivity index (χ0) is 9.72. The highest BCUT2D eigenvalue weighted by molar-refractivity contribution is 6.28. The summed E-state index contributed by atoms with van der Waals surface area (Å²) < 4.78 is 0. The minimum atomic E-state index is -0.455. The van der Waals surface area contributed by atoms with E-state index in [1.165, 1.54) is 0 Å². The lowest BCUT2D eigenvalue weighted by Gasteiger charge is -2.25. The molecule has 0 saturated heterocycles. The van der Waals surface area contributed by atoms with Crippen molar-refractivity contribution < 1.29 is 5.11 Å². The number of halogens is 2. The first-order chi connectivity index (χ1) is 5.54. The van der Waals surface area contributed by atoms with E-state index in [2.05, 4.69) is 6.58 Å². The van der Waals surface area contributed by atoms with Gasteiger partial charge >= 0.3 is 0 Å². The van der Waals surface area contributed by atoms with E-state index >= 15 is 0 Å². The fourth-order valence-corrected chi connectivity index (χ4v) is 1.40. The summed E-state index contributed by atoms with van der Waals surface area (Å²) in [6.07, 6.45) is 1.27. The molecule has 0 aliphatic rings. The fraction of sp³-hybridized carbons (Fsp3) is 0.778. The van der Waals surface area contributed by atoms with Gasteiger partial charge in [0, 0.05) is 11.8 Å². The summed E-state index contributed by atoms with van der Waals surface area (Å²) in [4.78, 5) is 0. The van der Waals surface area contributed by atoms with Crippen molar-refractivity contribution in [2.75, 3.05) is 5.88 Å². The zero-order valence-corrected chi connectivity index (χ0v) is 9.02. The lowest BCUT2D eigenvalue weighted by Crippen LogP contribution is -2.31. The molecule has 0 saturated carbocycles. The van der Waals surface area contributed by atoms with Crippen LogP contribution >= 0.6 is 23.2 Å². The maximum atomic E-state index is 9.67. The summed E-state index contributed by atoms with van der Waals surface area (Å²) in [7, 11) is 0. The van der Waals surface area contributed by atoms with E-state index in [4.69, 9.17) is 23.2 Å². The molecule has 0 aromatic rings. The highest BCUT2D eigenvalue weighted by Gasteiger charge is 2.24. The average Bonchev–Trinajstić information content (AvgIpc) is 2.12. The van der Waals surface area contributed by atoms with Gasteiger partial charge in [-0.25, -0.2) is 0 Å². The molecule has 4 unspecified atom stereocenters. The molecule has 0 aliphatic heterocycles. The third-order valence-electron chi connectivity index (χ3n) is 2.17. The summed E-state index contributed by atoms with van der Waals surface area (Å²) in [5.74, 6) is 0.422. The molecule has 12 heavy (non-hydrogen) atoms. The minimum absolute atomic E-state index is 0.00262. The summed E-state index contributed by atoms with van der Waals surface area (Å²) in [6, 6.07) is 0. The first kappa shape index (κ1) is 12.3. The molecule has 0 rings (SSSR count).